The van der Waals surface area contributed by atoms with Gasteiger partial charge in [0.15, 0.2) is 6.29 Å². The van der Waals surface area contributed by atoms with Crippen molar-refractivity contribution in [2.75, 3.05) is 34.4 Å². The molecule has 1 N–H and O–H groups in total. The molecule has 1 aromatic carbocycles. The molecule has 2 heterocycles. The van der Waals surface area contributed by atoms with Gasteiger partial charge in [0.25, 0.3) is 0 Å². The Hall–Kier alpha value is -2.60. The van der Waals surface area contributed by atoms with Crippen LogP contribution >= 0.6 is 15.9 Å². The number of halogens is 3. The Morgan fingerprint density at radius 1 is 1.20 bits per heavy atom. The molecule has 0 radical (unpaired) electrons. The Morgan fingerprint density at radius 2 is 1.89 bits per heavy atom. The van der Waals surface area contributed by atoms with Gasteiger partial charge in [0.05, 0.1) is 42.2 Å². The number of amides is 1. The molecule has 0 fully saturated rings. The highest BCUT2D eigenvalue weighted by molar-refractivity contribution is 9.10. The molecule has 0 aliphatic rings. The smallest absolute Gasteiger partial charge is 0.409 e. The number of nitrogens with zero attached hydrogens (tertiary/aromatic N) is 3. The molecule has 0 unspecified atom stereocenters. The van der Waals surface area contributed by atoms with Crippen molar-refractivity contribution >= 4 is 27.7 Å². The normalized spacial score (nSPS) is 12.4. The number of carbonyl (C=O) groups excluding carboxylic acids is 1. The van der Waals surface area contributed by atoms with Gasteiger partial charge >= 0.3 is 6.09 Å². The Labute approximate surface area is 210 Å². The summed E-state index contributed by atoms with van der Waals surface area (Å²) in [7, 11) is 4.09. The highest BCUT2D eigenvalue weighted by Gasteiger charge is 2.27. The summed E-state index contributed by atoms with van der Waals surface area (Å²) in [6.07, 6.45) is -0.733. The highest BCUT2D eigenvalue weighted by Crippen LogP contribution is 2.35. The fraction of sp³-hybridized carbons (Fsp3) is 0.417. The molecule has 0 bridgehead atoms. The first-order valence-electron chi connectivity index (χ1n) is 10.8. The third-order valence-corrected chi connectivity index (χ3v) is 6.29. The predicted molar refractivity (Wildman–Crippen MR) is 129 cm³/mol. The van der Waals surface area contributed by atoms with E-state index >= 15 is 4.39 Å². The molecule has 0 saturated heterocycles. The number of rotatable bonds is 9. The number of aromatic nitrogens is 2. The summed E-state index contributed by atoms with van der Waals surface area (Å²) in [5.74, 6) is -1.24. The van der Waals surface area contributed by atoms with Crippen LogP contribution in [0.15, 0.2) is 28.9 Å². The second-order valence-corrected chi connectivity index (χ2v) is 8.98. The number of hydrogen-bond donors (Lipinski definition) is 1. The minimum Gasteiger partial charge on any atom is -0.453 e. The Morgan fingerprint density at radius 3 is 2.51 bits per heavy atom. The van der Waals surface area contributed by atoms with Crippen molar-refractivity contribution in [3.05, 3.63) is 57.3 Å². The van der Waals surface area contributed by atoms with Crippen molar-refractivity contribution < 1.29 is 32.9 Å². The molecule has 0 saturated carbocycles. The quantitative estimate of drug-likeness (QED) is 0.314. The number of imidazole rings is 1. The number of pyridine rings is 1. The number of benzene rings is 1. The standard InChI is InChI=1S/C24H28BrF2N3O5/c1-13-6-7-30-18(9-15(31)11-29(24(32)35-5)12-20(33-3)34-4)23(28-19(30)8-13)21-14(2)22(27)16(25)10-17(21)26/h6-8,10,15,20,31H,9,11-12H2,1-5H3/t15-/m0/s1. The zero-order chi connectivity index (χ0) is 25.9. The van der Waals surface area contributed by atoms with Crippen LogP contribution < -0.4 is 0 Å². The number of fused-ring (bicyclic) bond motifs is 1. The highest BCUT2D eigenvalue weighted by atomic mass is 79.9. The summed E-state index contributed by atoms with van der Waals surface area (Å²) >= 11 is 3.04. The zero-order valence-corrected chi connectivity index (χ0v) is 21.7. The van der Waals surface area contributed by atoms with Gasteiger partial charge in [-0.15, -0.1) is 0 Å². The van der Waals surface area contributed by atoms with E-state index in [0.29, 0.717) is 11.3 Å². The summed E-state index contributed by atoms with van der Waals surface area (Å²) < 4.78 is 46.6. The first kappa shape index (κ1) is 27.0. The summed E-state index contributed by atoms with van der Waals surface area (Å²) in [4.78, 5) is 18.1. The van der Waals surface area contributed by atoms with Gasteiger partial charge in [0.2, 0.25) is 0 Å². The Bertz CT molecular complexity index is 1220. The number of carbonyl (C=O) groups is 1. The van der Waals surface area contributed by atoms with Crippen LogP contribution in [0.3, 0.4) is 0 Å². The maximum Gasteiger partial charge on any atom is 0.409 e. The molecular formula is C24H28BrF2N3O5. The van der Waals surface area contributed by atoms with Crippen LogP contribution in [0.4, 0.5) is 13.6 Å². The van der Waals surface area contributed by atoms with E-state index in [1.807, 2.05) is 19.1 Å². The molecule has 0 aliphatic carbocycles. The molecule has 8 nitrogen and oxygen atoms in total. The molecular weight excluding hydrogens is 528 g/mol. The predicted octanol–water partition coefficient (Wildman–Crippen LogP) is 4.25. The van der Waals surface area contributed by atoms with E-state index in [2.05, 4.69) is 20.9 Å². The molecule has 35 heavy (non-hydrogen) atoms. The molecule has 3 rings (SSSR count). The van der Waals surface area contributed by atoms with Crippen molar-refractivity contribution in [2.45, 2.75) is 32.7 Å². The van der Waals surface area contributed by atoms with Crippen LogP contribution in [-0.4, -0.2) is 72.3 Å². The van der Waals surface area contributed by atoms with Crippen LogP contribution in [0, 0.1) is 25.5 Å². The number of aryl methyl sites for hydroxylation is 1. The molecule has 11 heteroatoms. The van der Waals surface area contributed by atoms with Crippen LogP contribution in [0.2, 0.25) is 0 Å². The largest absolute Gasteiger partial charge is 0.453 e. The van der Waals surface area contributed by atoms with Gasteiger partial charge in [0.1, 0.15) is 17.3 Å². The number of hydrogen-bond acceptors (Lipinski definition) is 6. The van der Waals surface area contributed by atoms with E-state index < -0.39 is 30.1 Å². The van der Waals surface area contributed by atoms with Crippen molar-refractivity contribution in [3.8, 4) is 11.3 Å². The van der Waals surface area contributed by atoms with Gasteiger partial charge in [-0.1, -0.05) is 0 Å². The van der Waals surface area contributed by atoms with Crippen LogP contribution in [-0.2, 0) is 20.6 Å². The molecule has 3 aromatic rings. The maximum absolute atomic E-state index is 15.1. The molecule has 2 aromatic heterocycles. The number of aliphatic hydroxyl groups is 1. The minimum atomic E-state index is -1.09. The summed E-state index contributed by atoms with van der Waals surface area (Å²) in [5.41, 5.74) is 2.24. The van der Waals surface area contributed by atoms with Crippen LogP contribution in [0.5, 0.6) is 0 Å². The van der Waals surface area contributed by atoms with E-state index in [-0.39, 0.29) is 40.8 Å². The van der Waals surface area contributed by atoms with Gasteiger partial charge in [-0.3, -0.25) is 0 Å². The lowest BCUT2D eigenvalue weighted by Gasteiger charge is -2.27. The van der Waals surface area contributed by atoms with Crippen molar-refractivity contribution in [1.29, 1.82) is 0 Å². The molecule has 1 atom stereocenters. The summed E-state index contributed by atoms with van der Waals surface area (Å²) in [6, 6.07) is 4.72. The van der Waals surface area contributed by atoms with Crippen molar-refractivity contribution in [3.63, 3.8) is 0 Å². The molecule has 190 valence electrons. The van der Waals surface area contributed by atoms with Gasteiger partial charge in [0, 0.05) is 32.4 Å². The van der Waals surface area contributed by atoms with Crippen LogP contribution in [0.25, 0.3) is 16.9 Å². The maximum atomic E-state index is 15.1. The van der Waals surface area contributed by atoms with Gasteiger partial charge in [-0.25, -0.2) is 18.6 Å². The molecule has 0 aliphatic heterocycles. The number of ether oxygens (including phenoxy) is 3. The van der Waals surface area contributed by atoms with E-state index in [0.717, 1.165) is 11.6 Å². The second-order valence-electron chi connectivity index (χ2n) is 8.13. The van der Waals surface area contributed by atoms with E-state index in [1.165, 1.54) is 33.2 Å². The van der Waals surface area contributed by atoms with E-state index in [4.69, 9.17) is 14.2 Å². The van der Waals surface area contributed by atoms with Gasteiger partial charge in [-0.05, 0) is 59.1 Å². The van der Waals surface area contributed by atoms with Crippen LogP contribution in [0.1, 0.15) is 16.8 Å². The average Bonchev–Trinajstić information content (AvgIpc) is 3.16. The fourth-order valence-corrected chi connectivity index (χ4v) is 4.42. The minimum absolute atomic E-state index is 0.00571. The third-order valence-electron chi connectivity index (χ3n) is 5.71. The second kappa shape index (κ2) is 11.4. The van der Waals surface area contributed by atoms with Gasteiger partial charge in [-0.2, -0.15) is 0 Å². The lowest BCUT2D eigenvalue weighted by atomic mass is 10.0. The average molecular weight is 556 g/mol. The number of aliphatic hydroxyl groups excluding tert-OH is 1. The monoisotopic (exact) mass is 555 g/mol. The first-order valence-corrected chi connectivity index (χ1v) is 11.6. The van der Waals surface area contributed by atoms with Crippen molar-refractivity contribution in [2.24, 2.45) is 0 Å². The molecule has 0 spiro atoms. The topological polar surface area (TPSA) is 85.5 Å². The van der Waals surface area contributed by atoms with E-state index in [1.54, 1.807) is 10.6 Å². The SMILES string of the molecule is COC(=O)N(CC(OC)OC)C[C@@H](O)Cc1c(-c2c(F)cc(Br)c(F)c2C)nc2cc(C)ccn12. The fourth-order valence-electron chi connectivity index (χ4n) is 3.92. The first-order chi connectivity index (χ1) is 16.6. The summed E-state index contributed by atoms with van der Waals surface area (Å²) in [5, 5.41) is 11.0. The van der Waals surface area contributed by atoms with Gasteiger partial charge < -0.3 is 28.6 Å². The lowest BCUT2D eigenvalue weighted by molar-refractivity contribution is -0.115. The van der Waals surface area contributed by atoms with Crippen molar-refractivity contribution in [1.82, 2.24) is 14.3 Å². The molecule has 1 amide bonds. The lowest BCUT2D eigenvalue weighted by Crippen LogP contribution is -2.43. The summed E-state index contributed by atoms with van der Waals surface area (Å²) in [6.45, 7) is 3.26. The Balaban J connectivity index is 2.04. The van der Waals surface area contributed by atoms with E-state index in [9.17, 15) is 14.3 Å². The number of methoxy groups -OCH3 is 3. The Kier molecular flexibility index (Phi) is 8.81. The zero-order valence-electron chi connectivity index (χ0n) is 20.1. The third kappa shape index (κ3) is 5.80.